The van der Waals surface area contributed by atoms with Gasteiger partial charge in [-0.15, -0.1) is 0 Å². The molecule has 1 aromatic carbocycles. The fourth-order valence-corrected chi connectivity index (χ4v) is 2.28. The van der Waals surface area contributed by atoms with Crippen molar-refractivity contribution in [2.45, 2.75) is 13.0 Å². The quantitative estimate of drug-likeness (QED) is 0.668. The summed E-state index contributed by atoms with van der Waals surface area (Å²) in [5, 5.41) is 14.0. The minimum atomic E-state index is -0.374. The Kier molecular flexibility index (Phi) is 5.08. The second kappa shape index (κ2) is 6.10. The van der Waals surface area contributed by atoms with E-state index in [0.717, 1.165) is 10.2 Å². The van der Waals surface area contributed by atoms with Crippen LogP contribution in [0.25, 0.3) is 0 Å². The smallest absolute Gasteiger partial charge is 0.292 e. The number of nitrogens with one attached hydrogen (secondary N) is 1. The fraction of sp³-hybridized carbons (Fsp3) is 0.400. The molecule has 1 N–H and O–H groups in total. The number of nitro groups is 1. The number of anilines is 1. The van der Waals surface area contributed by atoms with Crippen LogP contribution in [0.3, 0.4) is 0 Å². The standard InChI is InChI=1S/C10H13BrN2O2S/c1-7(6-16-2)12-9-5-8(11)3-4-10(9)13(14)15/h3-5,7,12H,6H2,1-2H3. The second-order valence-electron chi connectivity index (χ2n) is 3.42. The largest absolute Gasteiger partial charge is 0.376 e. The average molecular weight is 305 g/mol. The monoisotopic (exact) mass is 304 g/mol. The fourth-order valence-electron chi connectivity index (χ4n) is 1.34. The number of rotatable bonds is 5. The summed E-state index contributed by atoms with van der Waals surface area (Å²) in [6.07, 6.45) is 2.01. The van der Waals surface area contributed by atoms with Gasteiger partial charge in [-0.05, 0) is 25.3 Å². The van der Waals surface area contributed by atoms with E-state index in [-0.39, 0.29) is 16.7 Å². The topological polar surface area (TPSA) is 55.2 Å². The first kappa shape index (κ1) is 13.3. The van der Waals surface area contributed by atoms with E-state index in [9.17, 15) is 10.1 Å². The van der Waals surface area contributed by atoms with Crippen molar-refractivity contribution in [1.29, 1.82) is 0 Å². The SMILES string of the molecule is CSCC(C)Nc1cc(Br)ccc1[N+](=O)[O-]. The van der Waals surface area contributed by atoms with Crippen molar-refractivity contribution in [3.05, 3.63) is 32.8 Å². The van der Waals surface area contributed by atoms with Gasteiger partial charge < -0.3 is 5.32 Å². The van der Waals surface area contributed by atoms with E-state index in [1.54, 1.807) is 23.9 Å². The predicted octanol–water partition coefficient (Wildman–Crippen LogP) is 3.52. The zero-order chi connectivity index (χ0) is 12.1. The van der Waals surface area contributed by atoms with Crippen LogP contribution >= 0.6 is 27.7 Å². The lowest BCUT2D eigenvalue weighted by atomic mass is 10.2. The highest BCUT2D eigenvalue weighted by Crippen LogP contribution is 2.28. The van der Waals surface area contributed by atoms with E-state index < -0.39 is 0 Å². The Labute approximate surface area is 107 Å². The van der Waals surface area contributed by atoms with Gasteiger partial charge in [0.2, 0.25) is 0 Å². The molecule has 0 aliphatic heterocycles. The zero-order valence-corrected chi connectivity index (χ0v) is 11.5. The number of halogens is 1. The summed E-state index contributed by atoms with van der Waals surface area (Å²) in [6.45, 7) is 2.00. The van der Waals surface area contributed by atoms with Crippen molar-refractivity contribution in [2.75, 3.05) is 17.3 Å². The molecule has 0 bridgehead atoms. The highest BCUT2D eigenvalue weighted by atomic mass is 79.9. The van der Waals surface area contributed by atoms with Gasteiger partial charge in [-0.25, -0.2) is 0 Å². The second-order valence-corrected chi connectivity index (χ2v) is 5.25. The van der Waals surface area contributed by atoms with Crippen LogP contribution in [0.1, 0.15) is 6.92 Å². The highest BCUT2D eigenvalue weighted by molar-refractivity contribution is 9.10. The van der Waals surface area contributed by atoms with Gasteiger partial charge >= 0.3 is 0 Å². The number of benzene rings is 1. The number of hydrogen-bond acceptors (Lipinski definition) is 4. The first-order chi connectivity index (χ1) is 7.54. The Morgan fingerprint density at radius 3 is 2.88 bits per heavy atom. The summed E-state index contributed by atoms with van der Waals surface area (Å²) in [4.78, 5) is 10.4. The van der Waals surface area contributed by atoms with Gasteiger partial charge in [0.25, 0.3) is 5.69 Å². The summed E-state index contributed by atoms with van der Waals surface area (Å²) in [5.74, 6) is 0.906. The Bertz CT molecular complexity index is 387. The summed E-state index contributed by atoms with van der Waals surface area (Å²) < 4.78 is 0.831. The first-order valence-corrected chi connectivity index (χ1v) is 6.92. The molecule has 0 spiro atoms. The molecule has 1 rings (SSSR count). The van der Waals surface area contributed by atoms with E-state index in [2.05, 4.69) is 21.2 Å². The highest BCUT2D eigenvalue weighted by Gasteiger charge is 2.15. The molecule has 16 heavy (non-hydrogen) atoms. The maximum atomic E-state index is 10.8. The van der Waals surface area contributed by atoms with Crippen molar-refractivity contribution in [1.82, 2.24) is 0 Å². The van der Waals surface area contributed by atoms with Crippen LogP contribution in [-0.2, 0) is 0 Å². The van der Waals surface area contributed by atoms with Crippen molar-refractivity contribution < 1.29 is 4.92 Å². The number of thioether (sulfide) groups is 1. The number of nitrogens with zero attached hydrogens (tertiary/aromatic N) is 1. The lowest BCUT2D eigenvalue weighted by molar-refractivity contribution is -0.384. The van der Waals surface area contributed by atoms with Crippen LogP contribution in [0, 0.1) is 10.1 Å². The van der Waals surface area contributed by atoms with Gasteiger partial charge in [-0.2, -0.15) is 11.8 Å². The minimum Gasteiger partial charge on any atom is -0.376 e. The summed E-state index contributed by atoms with van der Waals surface area (Å²) >= 11 is 5.01. The molecule has 0 fully saturated rings. The Hall–Kier alpha value is -0.750. The van der Waals surface area contributed by atoms with Crippen LogP contribution in [0.15, 0.2) is 22.7 Å². The lowest BCUT2D eigenvalue weighted by Gasteiger charge is -2.14. The van der Waals surface area contributed by atoms with Crippen LogP contribution in [-0.4, -0.2) is 23.0 Å². The molecule has 88 valence electrons. The Morgan fingerprint density at radius 2 is 2.31 bits per heavy atom. The molecule has 1 aromatic rings. The molecule has 4 nitrogen and oxygen atoms in total. The van der Waals surface area contributed by atoms with Gasteiger partial charge in [-0.3, -0.25) is 10.1 Å². The van der Waals surface area contributed by atoms with Crippen LogP contribution in [0.2, 0.25) is 0 Å². The Morgan fingerprint density at radius 1 is 1.62 bits per heavy atom. The predicted molar refractivity (Wildman–Crippen MR) is 72.3 cm³/mol. The average Bonchev–Trinajstić information content (AvgIpc) is 2.17. The van der Waals surface area contributed by atoms with Crippen molar-refractivity contribution in [3.8, 4) is 0 Å². The summed E-state index contributed by atoms with van der Waals surface area (Å²) in [7, 11) is 0. The molecule has 0 aliphatic carbocycles. The Balaban J connectivity index is 2.92. The summed E-state index contributed by atoms with van der Waals surface area (Å²) in [5.41, 5.74) is 0.664. The van der Waals surface area contributed by atoms with Gasteiger partial charge in [-0.1, -0.05) is 15.9 Å². The van der Waals surface area contributed by atoms with Crippen LogP contribution in [0.4, 0.5) is 11.4 Å². The minimum absolute atomic E-state index is 0.108. The molecule has 0 saturated carbocycles. The number of hydrogen-bond donors (Lipinski definition) is 1. The van der Waals surface area contributed by atoms with Gasteiger partial charge in [0.15, 0.2) is 0 Å². The third-order valence-electron chi connectivity index (χ3n) is 1.97. The van der Waals surface area contributed by atoms with Crippen molar-refractivity contribution >= 4 is 39.1 Å². The number of nitro benzene ring substituents is 1. The molecular formula is C10H13BrN2O2S. The molecular weight excluding hydrogens is 292 g/mol. The zero-order valence-electron chi connectivity index (χ0n) is 9.07. The van der Waals surface area contributed by atoms with E-state index in [1.807, 2.05) is 13.2 Å². The first-order valence-electron chi connectivity index (χ1n) is 4.74. The normalized spacial score (nSPS) is 12.2. The van der Waals surface area contributed by atoms with Crippen molar-refractivity contribution in [2.24, 2.45) is 0 Å². The van der Waals surface area contributed by atoms with E-state index in [4.69, 9.17) is 0 Å². The third kappa shape index (κ3) is 3.68. The molecule has 0 heterocycles. The van der Waals surface area contributed by atoms with Crippen molar-refractivity contribution in [3.63, 3.8) is 0 Å². The molecule has 0 radical (unpaired) electrons. The maximum Gasteiger partial charge on any atom is 0.292 e. The van der Waals surface area contributed by atoms with Gasteiger partial charge in [0, 0.05) is 22.3 Å². The summed E-state index contributed by atoms with van der Waals surface area (Å²) in [6, 6.07) is 5.10. The molecule has 6 heteroatoms. The molecule has 0 aromatic heterocycles. The maximum absolute atomic E-state index is 10.8. The van der Waals surface area contributed by atoms with Gasteiger partial charge in [0.05, 0.1) is 4.92 Å². The third-order valence-corrected chi connectivity index (χ3v) is 3.30. The molecule has 0 aliphatic rings. The van der Waals surface area contributed by atoms with E-state index in [0.29, 0.717) is 5.69 Å². The molecule has 0 amide bonds. The van der Waals surface area contributed by atoms with Gasteiger partial charge in [0.1, 0.15) is 5.69 Å². The lowest BCUT2D eigenvalue weighted by Crippen LogP contribution is -2.18. The molecule has 1 unspecified atom stereocenters. The molecule has 1 atom stereocenters. The molecule has 0 saturated heterocycles. The van der Waals surface area contributed by atoms with Crippen LogP contribution < -0.4 is 5.32 Å². The van der Waals surface area contributed by atoms with E-state index in [1.165, 1.54) is 6.07 Å². The van der Waals surface area contributed by atoms with Crippen LogP contribution in [0.5, 0.6) is 0 Å². The van der Waals surface area contributed by atoms with E-state index >= 15 is 0 Å².